The van der Waals surface area contributed by atoms with Gasteiger partial charge in [-0.2, -0.15) is 0 Å². The second-order valence-corrected chi connectivity index (χ2v) is 7.32. The molecule has 0 spiro atoms. The molecule has 21 heavy (non-hydrogen) atoms. The standard InChI is InChI=1S/C14H20N2O3S2/c1-3-19-9-8-16-21(17,18)14-11-6-4-5-7-12(11)20-13(14)10-15-2/h4-7,15-16H,3,8-10H2,1-2H3. The third kappa shape index (κ3) is 3.81. The Hall–Kier alpha value is -0.990. The fourth-order valence-electron chi connectivity index (χ4n) is 2.11. The second kappa shape index (κ2) is 7.33. The molecule has 5 nitrogen and oxygen atoms in total. The van der Waals surface area contributed by atoms with Crippen LogP contribution in [0.4, 0.5) is 0 Å². The van der Waals surface area contributed by atoms with Gasteiger partial charge in [0.1, 0.15) is 4.90 Å². The Balaban J connectivity index is 2.36. The van der Waals surface area contributed by atoms with Gasteiger partial charge >= 0.3 is 0 Å². The maximum Gasteiger partial charge on any atom is 0.242 e. The Morgan fingerprint density at radius 3 is 2.76 bits per heavy atom. The van der Waals surface area contributed by atoms with Crippen LogP contribution >= 0.6 is 11.3 Å². The van der Waals surface area contributed by atoms with Gasteiger partial charge in [0.25, 0.3) is 0 Å². The molecule has 0 aliphatic carbocycles. The number of hydrogen-bond donors (Lipinski definition) is 2. The lowest BCUT2D eigenvalue weighted by atomic mass is 10.2. The molecule has 0 radical (unpaired) electrons. The van der Waals surface area contributed by atoms with Crippen molar-refractivity contribution >= 4 is 31.4 Å². The zero-order chi connectivity index (χ0) is 15.3. The minimum absolute atomic E-state index is 0.277. The van der Waals surface area contributed by atoms with Crippen molar-refractivity contribution in [2.45, 2.75) is 18.4 Å². The summed E-state index contributed by atoms with van der Waals surface area (Å²) < 4.78 is 33.9. The number of nitrogens with one attached hydrogen (secondary N) is 2. The summed E-state index contributed by atoms with van der Waals surface area (Å²) in [5, 5.41) is 3.80. The molecular formula is C14H20N2O3S2. The van der Waals surface area contributed by atoms with E-state index >= 15 is 0 Å². The molecule has 0 saturated carbocycles. The number of benzene rings is 1. The third-order valence-corrected chi connectivity index (χ3v) is 5.85. The van der Waals surface area contributed by atoms with Crippen LogP contribution in [0, 0.1) is 0 Å². The smallest absolute Gasteiger partial charge is 0.242 e. The number of rotatable bonds is 8. The third-order valence-electron chi connectivity index (χ3n) is 2.97. The fraction of sp³-hybridized carbons (Fsp3) is 0.429. The van der Waals surface area contributed by atoms with Gasteiger partial charge in [-0.25, -0.2) is 13.1 Å². The molecular weight excluding hydrogens is 308 g/mol. The molecule has 1 aromatic carbocycles. The minimum Gasteiger partial charge on any atom is -0.380 e. The van der Waals surface area contributed by atoms with Crippen LogP contribution in [0.1, 0.15) is 11.8 Å². The van der Waals surface area contributed by atoms with Crippen LogP contribution in [-0.2, 0) is 21.3 Å². The van der Waals surface area contributed by atoms with Crippen molar-refractivity contribution in [3.8, 4) is 0 Å². The number of sulfonamides is 1. The first-order valence-corrected chi connectivity index (χ1v) is 9.12. The molecule has 0 aliphatic heterocycles. The van der Waals surface area contributed by atoms with Crippen LogP contribution < -0.4 is 10.0 Å². The molecule has 0 aliphatic rings. The lowest BCUT2D eigenvalue weighted by Gasteiger charge is -2.08. The Kier molecular flexibility index (Phi) is 5.72. The molecule has 0 saturated heterocycles. The van der Waals surface area contributed by atoms with Gasteiger partial charge in [0, 0.05) is 34.7 Å². The van der Waals surface area contributed by atoms with Gasteiger partial charge in [0.15, 0.2) is 0 Å². The van der Waals surface area contributed by atoms with Gasteiger partial charge in [-0.3, -0.25) is 0 Å². The summed E-state index contributed by atoms with van der Waals surface area (Å²) in [5.74, 6) is 0. The maximum absolute atomic E-state index is 12.6. The van der Waals surface area contributed by atoms with Crippen LogP contribution in [0.2, 0.25) is 0 Å². The number of hydrogen-bond acceptors (Lipinski definition) is 5. The molecule has 0 atom stereocenters. The van der Waals surface area contributed by atoms with Crippen molar-refractivity contribution in [3.63, 3.8) is 0 Å². The highest BCUT2D eigenvalue weighted by atomic mass is 32.2. The first-order chi connectivity index (χ1) is 10.1. The molecule has 0 amide bonds. The van der Waals surface area contributed by atoms with Crippen LogP contribution in [0.15, 0.2) is 29.2 Å². The average molecular weight is 328 g/mol. The fourth-order valence-corrected chi connectivity index (χ4v) is 5.07. The summed E-state index contributed by atoms with van der Waals surface area (Å²) in [5.41, 5.74) is 0. The summed E-state index contributed by atoms with van der Waals surface area (Å²) in [4.78, 5) is 1.21. The van der Waals surface area contributed by atoms with Crippen LogP contribution in [0.3, 0.4) is 0 Å². The van der Waals surface area contributed by atoms with E-state index in [1.807, 2.05) is 38.2 Å². The van der Waals surface area contributed by atoms with E-state index in [9.17, 15) is 8.42 Å². The number of fused-ring (bicyclic) bond motifs is 1. The average Bonchev–Trinajstić information content (AvgIpc) is 2.83. The summed E-state index contributed by atoms with van der Waals surface area (Å²) in [6, 6.07) is 7.57. The van der Waals surface area contributed by atoms with E-state index in [-0.39, 0.29) is 6.54 Å². The monoisotopic (exact) mass is 328 g/mol. The van der Waals surface area contributed by atoms with Crippen LogP contribution in [0.25, 0.3) is 10.1 Å². The number of ether oxygens (including phenoxy) is 1. The number of thiophene rings is 1. The predicted molar refractivity (Wildman–Crippen MR) is 86.3 cm³/mol. The van der Waals surface area contributed by atoms with Gasteiger partial charge in [-0.1, -0.05) is 18.2 Å². The SMILES string of the molecule is CCOCCNS(=O)(=O)c1c(CNC)sc2ccccc12. The quantitative estimate of drug-likeness (QED) is 0.727. The maximum atomic E-state index is 12.6. The van der Waals surface area contributed by atoms with E-state index in [1.54, 1.807) is 0 Å². The van der Waals surface area contributed by atoms with Crippen LogP contribution in [0.5, 0.6) is 0 Å². The van der Waals surface area contributed by atoms with Crippen molar-refractivity contribution in [1.29, 1.82) is 0 Å². The van der Waals surface area contributed by atoms with E-state index in [2.05, 4.69) is 10.0 Å². The van der Waals surface area contributed by atoms with Gasteiger partial charge in [0.2, 0.25) is 10.0 Å². The minimum atomic E-state index is -3.54. The van der Waals surface area contributed by atoms with Gasteiger partial charge in [0.05, 0.1) is 6.61 Å². The highest BCUT2D eigenvalue weighted by molar-refractivity contribution is 7.90. The van der Waals surface area contributed by atoms with E-state index < -0.39 is 10.0 Å². The van der Waals surface area contributed by atoms with E-state index in [1.165, 1.54) is 11.3 Å². The molecule has 2 rings (SSSR count). The highest BCUT2D eigenvalue weighted by Gasteiger charge is 2.23. The lowest BCUT2D eigenvalue weighted by molar-refractivity contribution is 0.153. The molecule has 1 aromatic heterocycles. The van der Waals surface area contributed by atoms with Crippen molar-refractivity contribution in [3.05, 3.63) is 29.1 Å². The molecule has 116 valence electrons. The van der Waals surface area contributed by atoms with E-state index in [0.29, 0.717) is 24.7 Å². The Morgan fingerprint density at radius 2 is 2.05 bits per heavy atom. The van der Waals surface area contributed by atoms with Crippen molar-refractivity contribution in [1.82, 2.24) is 10.0 Å². The van der Waals surface area contributed by atoms with Gasteiger partial charge < -0.3 is 10.1 Å². The molecule has 0 unspecified atom stereocenters. The summed E-state index contributed by atoms with van der Waals surface area (Å²) in [6.07, 6.45) is 0. The lowest BCUT2D eigenvalue weighted by Crippen LogP contribution is -2.28. The Morgan fingerprint density at radius 1 is 1.29 bits per heavy atom. The summed E-state index contributed by atoms with van der Waals surface area (Å²) in [6.45, 7) is 3.64. The Bertz CT molecular complexity index is 695. The molecule has 2 N–H and O–H groups in total. The zero-order valence-corrected chi connectivity index (χ0v) is 13.8. The molecule has 7 heteroatoms. The van der Waals surface area contributed by atoms with Gasteiger partial charge in [-0.15, -0.1) is 11.3 Å². The summed E-state index contributed by atoms with van der Waals surface area (Å²) in [7, 11) is -1.73. The molecule has 1 heterocycles. The first-order valence-electron chi connectivity index (χ1n) is 6.82. The normalized spacial score (nSPS) is 12.1. The van der Waals surface area contributed by atoms with Crippen LogP contribution in [-0.4, -0.2) is 35.2 Å². The van der Waals surface area contributed by atoms with Crippen molar-refractivity contribution in [2.24, 2.45) is 0 Å². The topological polar surface area (TPSA) is 67.4 Å². The molecule has 0 bridgehead atoms. The first kappa shape index (κ1) is 16.4. The summed E-state index contributed by atoms with van der Waals surface area (Å²) >= 11 is 1.51. The zero-order valence-electron chi connectivity index (χ0n) is 12.2. The van der Waals surface area contributed by atoms with Crippen molar-refractivity contribution in [2.75, 3.05) is 26.8 Å². The van der Waals surface area contributed by atoms with E-state index in [0.717, 1.165) is 15.0 Å². The Labute approximate surface area is 129 Å². The predicted octanol–water partition coefficient (Wildman–Crippen LogP) is 1.94. The largest absolute Gasteiger partial charge is 0.380 e. The molecule has 0 fully saturated rings. The highest BCUT2D eigenvalue weighted by Crippen LogP contribution is 2.34. The second-order valence-electron chi connectivity index (χ2n) is 4.48. The molecule has 2 aromatic rings. The van der Waals surface area contributed by atoms with Crippen molar-refractivity contribution < 1.29 is 13.2 Å². The van der Waals surface area contributed by atoms with E-state index in [4.69, 9.17) is 4.74 Å². The van der Waals surface area contributed by atoms with Gasteiger partial charge in [-0.05, 0) is 20.0 Å².